The van der Waals surface area contributed by atoms with Gasteiger partial charge in [0.1, 0.15) is 6.79 Å². The lowest BCUT2D eigenvalue weighted by Gasteiger charge is -1.93. The largest absolute Gasteiger partial charge is 0.392 e. The van der Waals surface area contributed by atoms with Crippen LogP contribution in [0.4, 0.5) is 0 Å². The first-order valence-corrected chi connectivity index (χ1v) is 4.28. The molecule has 0 fully saturated rings. The highest BCUT2D eigenvalue weighted by Gasteiger charge is 1.85. The number of rotatable bonds is 1. The predicted octanol–water partition coefficient (Wildman–Crippen LogP) is 2.33. The van der Waals surface area contributed by atoms with Gasteiger partial charge in [0.05, 0.1) is 6.61 Å². The summed E-state index contributed by atoms with van der Waals surface area (Å²) in [5.74, 6) is 0. The summed E-state index contributed by atoms with van der Waals surface area (Å²) in [7, 11) is 0. The van der Waals surface area contributed by atoms with Crippen molar-refractivity contribution in [2.75, 3.05) is 0 Å². The number of carbonyl (C=O) groups excluding carboxylic acids is 1. The van der Waals surface area contributed by atoms with Crippen molar-refractivity contribution in [2.24, 2.45) is 0 Å². The maximum absolute atomic E-state index is 8.63. The summed E-state index contributed by atoms with van der Waals surface area (Å²) in [6.45, 7) is 8.17. The first kappa shape index (κ1) is 14.4. The molecule has 0 aliphatic rings. The number of hydrogen-bond donors (Lipinski definition) is 1. The Balaban J connectivity index is 0. The van der Waals surface area contributed by atoms with E-state index in [4.69, 9.17) is 9.90 Å². The first-order chi connectivity index (χ1) is 6.33. The maximum atomic E-state index is 8.63. The van der Waals surface area contributed by atoms with E-state index < -0.39 is 0 Å². The molecule has 0 heterocycles. The van der Waals surface area contributed by atoms with Gasteiger partial charge in [-0.25, -0.2) is 0 Å². The van der Waals surface area contributed by atoms with Gasteiger partial charge in [-0.15, -0.1) is 0 Å². The maximum Gasteiger partial charge on any atom is 0.106 e. The van der Waals surface area contributed by atoms with Crippen LogP contribution in [-0.2, 0) is 11.4 Å². The predicted molar refractivity (Wildman–Crippen MR) is 55.6 cm³/mol. The summed E-state index contributed by atoms with van der Waals surface area (Å²) in [6, 6.07) is 7.84. The number of benzene rings is 1. The third-order valence-corrected chi connectivity index (χ3v) is 1.30. The fourth-order valence-corrected chi connectivity index (χ4v) is 0.693. The van der Waals surface area contributed by atoms with Crippen LogP contribution >= 0.6 is 0 Å². The lowest BCUT2D eigenvalue weighted by molar-refractivity contribution is -0.0979. The monoisotopic (exact) mass is 182 g/mol. The van der Waals surface area contributed by atoms with Crippen molar-refractivity contribution in [3.8, 4) is 0 Å². The van der Waals surface area contributed by atoms with Crippen LogP contribution in [0, 0.1) is 6.92 Å². The number of aryl methyl sites for hydroxylation is 1. The minimum Gasteiger partial charge on any atom is -0.392 e. The van der Waals surface area contributed by atoms with Gasteiger partial charge < -0.3 is 9.90 Å². The molecule has 0 aliphatic heterocycles. The molecule has 0 atom stereocenters. The fraction of sp³-hybridized carbons (Fsp3) is 0.364. The second-order valence-corrected chi connectivity index (χ2v) is 2.14. The molecule has 0 amide bonds. The van der Waals surface area contributed by atoms with Gasteiger partial charge >= 0.3 is 0 Å². The first-order valence-electron chi connectivity index (χ1n) is 4.28. The third kappa shape index (κ3) is 7.22. The van der Waals surface area contributed by atoms with E-state index in [0.717, 1.165) is 5.56 Å². The highest BCUT2D eigenvalue weighted by molar-refractivity contribution is 5.20. The Kier molecular flexibility index (Phi) is 12.0. The quantitative estimate of drug-likeness (QED) is 0.723. The molecule has 1 aromatic rings. The van der Waals surface area contributed by atoms with Gasteiger partial charge in [0.25, 0.3) is 0 Å². The normalized spacial score (nSPS) is 7.38. The van der Waals surface area contributed by atoms with Crippen molar-refractivity contribution in [3.63, 3.8) is 0 Å². The number of hydrogen-bond acceptors (Lipinski definition) is 2. The summed E-state index contributed by atoms with van der Waals surface area (Å²) < 4.78 is 0. The van der Waals surface area contributed by atoms with Crippen molar-refractivity contribution >= 4 is 6.79 Å². The Hall–Kier alpha value is -1.15. The van der Waals surface area contributed by atoms with E-state index in [0.29, 0.717) is 0 Å². The topological polar surface area (TPSA) is 37.3 Å². The highest BCUT2D eigenvalue weighted by Crippen LogP contribution is 2.01. The van der Waals surface area contributed by atoms with E-state index in [-0.39, 0.29) is 6.61 Å². The molecule has 0 spiro atoms. The Morgan fingerprint density at radius 2 is 1.54 bits per heavy atom. The summed E-state index contributed by atoms with van der Waals surface area (Å²) in [6.07, 6.45) is 0. The summed E-state index contributed by atoms with van der Waals surface area (Å²) in [4.78, 5) is 8.00. The number of carbonyl (C=O) groups is 1. The molecule has 1 N–H and O–H groups in total. The van der Waals surface area contributed by atoms with E-state index in [1.807, 2.05) is 51.8 Å². The molecule has 1 rings (SSSR count). The summed E-state index contributed by atoms with van der Waals surface area (Å²) in [5.41, 5.74) is 2.20. The lowest BCUT2D eigenvalue weighted by Crippen LogP contribution is -1.80. The number of aliphatic hydroxyl groups is 1. The smallest absolute Gasteiger partial charge is 0.106 e. The van der Waals surface area contributed by atoms with Crippen LogP contribution in [0.5, 0.6) is 0 Å². The molecule has 0 aliphatic carbocycles. The van der Waals surface area contributed by atoms with Gasteiger partial charge in [-0.1, -0.05) is 43.7 Å². The molecule has 0 saturated carbocycles. The molecular formula is C11H18O2. The van der Waals surface area contributed by atoms with Crippen LogP contribution in [0.2, 0.25) is 0 Å². The average molecular weight is 182 g/mol. The Morgan fingerprint density at radius 3 is 1.85 bits per heavy atom. The minimum atomic E-state index is 0.139. The van der Waals surface area contributed by atoms with Crippen LogP contribution in [0.15, 0.2) is 24.3 Å². The van der Waals surface area contributed by atoms with Crippen molar-refractivity contribution in [2.45, 2.75) is 27.4 Å². The van der Waals surface area contributed by atoms with E-state index in [9.17, 15) is 0 Å². The zero-order valence-electron chi connectivity index (χ0n) is 8.58. The van der Waals surface area contributed by atoms with Gasteiger partial charge in [0.15, 0.2) is 0 Å². The van der Waals surface area contributed by atoms with E-state index in [1.165, 1.54) is 5.56 Å². The van der Waals surface area contributed by atoms with Gasteiger partial charge in [-0.3, -0.25) is 0 Å². The molecule has 13 heavy (non-hydrogen) atoms. The van der Waals surface area contributed by atoms with Crippen LogP contribution in [-0.4, -0.2) is 11.9 Å². The molecule has 2 nitrogen and oxygen atoms in total. The molecule has 0 unspecified atom stereocenters. The molecule has 1 aromatic carbocycles. The van der Waals surface area contributed by atoms with E-state index in [2.05, 4.69) is 0 Å². The van der Waals surface area contributed by atoms with E-state index >= 15 is 0 Å². The lowest BCUT2D eigenvalue weighted by atomic mass is 10.2. The van der Waals surface area contributed by atoms with E-state index in [1.54, 1.807) is 0 Å². The van der Waals surface area contributed by atoms with Crippen LogP contribution in [0.1, 0.15) is 25.0 Å². The van der Waals surface area contributed by atoms with Crippen LogP contribution < -0.4 is 0 Å². The molecule has 2 heteroatoms. The van der Waals surface area contributed by atoms with Gasteiger partial charge in [-0.05, 0) is 12.5 Å². The summed E-state index contributed by atoms with van der Waals surface area (Å²) in [5, 5.41) is 8.63. The standard InChI is InChI=1S/C8H10O.C2H6.CH2O/c1-7-2-4-8(6-9)5-3-7;2*1-2/h2-5,9H,6H2,1H3;1-2H3;1H2. The fourth-order valence-electron chi connectivity index (χ4n) is 0.693. The van der Waals surface area contributed by atoms with Gasteiger partial charge in [-0.2, -0.15) is 0 Å². The van der Waals surface area contributed by atoms with Crippen LogP contribution in [0.3, 0.4) is 0 Å². The van der Waals surface area contributed by atoms with Gasteiger partial charge in [0.2, 0.25) is 0 Å². The Bertz CT molecular complexity index is 192. The average Bonchev–Trinajstić information content (AvgIpc) is 2.25. The SMILES string of the molecule is C=O.CC.Cc1ccc(CO)cc1. The van der Waals surface area contributed by atoms with Crippen molar-refractivity contribution in [1.29, 1.82) is 0 Å². The second-order valence-electron chi connectivity index (χ2n) is 2.14. The Labute approximate surface area is 80.2 Å². The molecule has 0 bridgehead atoms. The molecule has 0 radical (unpaired) electrons. The second kappa shape index (κ2) is 10.8. The highest BCUT2D eigenvalue weighted by atomic mass is 16.3. The zero-order valence-corrected chi connectivity index (χ0v) is 8.58. The minimum absolute atomic E-state index is 0.139. The Morgan fingerprint density at radius 1 is 1.15 bits per heavy atom. The third-order valence-electron chi connectivity index (χ3n) is 1.30. The van der Waals surface area contributed by atoms with Crippen LogP contribution in [0.25, 0.3) is 0 Å². The molecule has 74 valence electrons. The van der Waals surface area contributed by atoms with Crippen molar-refractivity contribution in [1.82, 2.24) is 0 Å². The molecule has 0 aromatic heterocycles. The van der Waals surface area contributed by atoms with Crippen molar-refractivity contribution in [3.05, 3.63) is 35.4 Å². The zero-order chi connectivity index (χ0) is 10.7. The molecular weight excluding hydrogens is 164 g/mol. The van der Waals surface area contributed by atoms with Gasteiger partial charge in [0, 0.05) is 0 Å². The number of aliphatic hydroxyl groups excluding tert-OH is 1. The summed E-state index contributed by atoms with van der Waals surface area (Å²) >= 11 is 0. The van der Waals surface area contributed by atoms with Crippen molar-refractivity contribution < 1.29 is 9.90 Å². The molecule has 0 saturated heterocycles.